The van der Waals surface area contributed by atoms with Gasteiger partial charge in [-0.1, -0.05) is 54.1 Å². The molecule has 0 atom stereocenters. The lowest BCUT2D eigenvalue weighted by Crippen LogP contribution is -1.83. The number of hydrogen-bond acceptors (Lipinski definition) is 2. The van der Waals surface area contributed by atoms with E-state index in [0.717, 1.165) is 27.5 Å². The molecule has 0 saturated heterocycles. The van der Waals surface area contributed by atoms with Crippen molar-refractivity contribution in [1.29, 1.82) is 0 Å². The number of fused-ring (bicyclic) bond motifs is 3. The van der Waals surface area contributed by atoms with Gasteiger partial charge in [0.1, 0.15) is 5.58 Å². The predicted octanol–water partition coefficient (Wildman–Crippen LogP) is 5.92. The summed E-state index contributed by atoms with van der Waals surface area (Å²) in [5.41, 5.74) is 3.73. The van der Waals surface area contributed by atoms with E-state index in [9.17, 15) is 0 Å². The van der Waals surface area contributed by atoms with Crippen molar-refractivity contribution in [3.8, 4) is 16.9 Å². The van der Waals surface area contributed by atoms with Crippen molar-refractivity contribution in [3.05, 3.63) is 65.7 Å². The molecule has 0 aliphatic carbocycles. The molecule has 1 heterocycles. The zero-order valence-corrected chi connectivity index (χ0v) is 12.7. The molecule has 108 valence electrons. The zero-order valence-electron chi connectivity index (χ0n) is 12.0. The highest BCUT2D eigenvalue weighted by molar-refractivity contribution is 6.38. The number of ether oxygens (including phenoxy) is 1. The molecule has 0 saturated carbocycles. The summed E-state index contributed by atoms with van der Waals surface area (Å²) in [6.07, 6.45) is 0. The van der Waals surface area contributed by atoms with Crippen molar-refractivity contribution in [1.82, 2.24) is 0 Å². The summed E-state index contributed by atoms with van der Waals surface area (Å²) in [7, 11) is 1.63. The van der Waals surface area contributed by atoms with Gasteiger partial charge in [0.15, 0.2) is 11.3 Å². The highest BCUT2D eigenvalue weighted by atomic mass is 35.5. The fourth-order valence-electron chi connectivity index (χ4n) is 2.88. The molecule has 0 unspecified atom stereocenters. The van der Waals surface area contributed by atoms with Crippen molar-refractivity contribution in [2.45, 2.75) is 0 Å². The molecule has 0 N–H and O–H groups in total. The number of methoxy groups -OCH3 is 1. The van der Waals surface area contributed by atoms with Crippen LogP contribution in [0.5, 0.6) is 5.75 Å². The van der Waals surface area contributed by atoms with Crippen LogP contribution in [0.1, 0.15) is 0 Å². The summed E-state index contributed by atoms with van der Waals surface area (Å²) in [5, 5.41) is 2.58. The van der Waals surface area contributed by atoms with E-state index < -0.39 is 0 Å². The summed E-state index contributed by atoms with van der Waals surface area (Å²) >= 11 is 6.45. The summed E-state index contributed by atoms with van der Waals surface area (Å²) in [4.78, 5) is 0. The van der Waals surface area contributed by atoms with E-state index in [4.69, 9.17) is 20.8 Å². The van der Waals surface area contributed by atoms with Gasteiger partial charge >= 0.3 is 0 Å². The summed E-state index contributed by atoms with van der Waals surface area (Å²) in [6, 6.07) is 19.9. The quantitative estimate of drug-likeness (QED) is 0.459. The predicted molar refractivity (Wildman–Crippen MR) is 90.7 cm³/mol. The summed E-state index contributed by atoms with van der Waals surface area (Å²) < 4.78 is 11.4. The van der Waals surface area contributed by atoms with Crippen LogP contribution in [0.25, 0.3) is 33.1 Å². The van der Waals surface area contributed by atoms with Crippen molar-refractivity contribution in [3.63, 3.8) is 0 Å². The lowest BCUT2D eigenvalue weighted by Gasteiger charge is -2.04. The van der Waals surface area contributed by atoms with Crippen LogP contribution >= 0.6 is 11.6 Å². The number of benzene rings is 3. The number of halogens is 1. The standard InChI is InChI=1S/C19H13ClO2/c1-21-16-11-10-14(20)18-17-13(12-6-3-2-4-7-12)8-5-9-15(17)22-19(16)18/h2-11H,1H3. The Morgan fingerprint density at radius 3 is 2.45 bits per heavy atom. The molecule has 0 bridgehead atoms. The monoisotopic (exact) mass is 308 g/mol. The normalized spacial score (nSPS) is 11.2. The van der Waals surface area contributed by atoms with Crippen molar-refractivity contribution in [2.75, 3.05) is 7.11 Å². The second-order valence-corrected chi connectivity index (χ2v) is 5.51. The number of hydrogen-bond donors (Lipinski definition) is 0. The maximum Gasteiger partial charge on any atom is 0.178 e. The molecular weight excluding hydrogens is 296 g/mol. The van der Waals surface area contributed by atoms with Gasteiger partial charge in [-0.05, 0) is 29.3 Å². The minimum Gasteiger partial charge on any atom is -0.493 e. The van der Waals surface area contributed by atoms with Gasteiger partial charge in [0, 0.05) is 5.39 Å². The second kappa shape index (κ2) is 5.08. The van der Waals surface area contributed by atoms with Crippen LogP contribution in [0.15, 0.2) is 65.1 Å². The fraction of sp³-hybridized carbons (Fsp3) is 0.0526. The van der Waals surface area contributed by atoms with E-state index >= 15 is 0 Å². The van der Waals surface area contributed by atoms with E-state index in [-0.39, 0.29) is 0 Å². The number of rotatable bonds is 2. The largest absolute Gasteiger partial charge is 0.493 e. The van der Waals surface area contributed by atoms with Crippen LogP contribution in [0.4, 0.5) is 0 Å². The van der Waals surface area contributed by atoms with Crippen molar-refractivity contribution >= 4 is 33.5 Å². The third kappa shape index (κ3) is 1.88. The second-order valence-electron chi connectivity index (χ2n) is 5.10. The molecule has 2 nitrogen and oxygen atoms in total. The lowest BCUT2D eigenvalue weighted by molar-refractivity contribution is 0.412. The SMILES string of the molecule is COc1ccc(Cl)c2c1oc1cccc(-c3ccccc3)c12. The van der Waals surface area contributed by atoms with Crippen LogP contribution < -0.4 is 4.74 Å². The lowest BCUT2D eigenvalue weighted by atomic mass is 9.99. The Hall–Kier alpha value is -2.45. The first-order valence-corrected chi connectivity index (χ1v) is 7.40. The Balaban J connectivity index is 2.18. The highest BCUT2D eigenvalue weighted by Crippen LogP contribution is 2.42. The van der Waals surface area contributed by atoms with Crippen molar-refractivity contribution in [2.24, 2.45) is 0 Å². The number of furan rings is 1. The first-order chi connectivity index (χ1) is 10.8. The van der Waals surface area contributed by atoms with Crippen molar-refractivity contribution < 1.29 is 9.15 Å². The Bertz CT molecular complexity index is 971. The smallest absolute Gasteiger partial charge is 0.178 e. The average molecular weight is 309 g/mol. The van der Waals surface area contributed by atoms with E-state index in [1.165, 1.54) is 0 Å². The third-order valence-corrected chi connectivity index (χ3v) is 4.18. The van der Waals surface area contributed by atoms with Crippen LogP contribution in [-0.2, 0) is 0 Å². The fourth-order valence-corrected chi connectivity index (χ4v) is 3.12. The molecule has 0 aliphatic heterocycles. The molecule has 0 amide bonds. The molecule has 0 fully saturated rings. The van der Waals surface area contributed by atoms with Gasteiger partial charge in [0.2, 0.25) is 0 Å². The molecule has 0 aliphatic rings. The maximum absolute atomic E-state index is 6.45. The van der Waals surface area contributed by atoms with Gasteiger partial charge in [-0.2, -0.15) is 0 Å². The van der Waals surface area contributed by atoms with Crippen LogP contribution in [0.3, 0.4) is 0 Å². The van der Waals surface area contributed by atoms with Gasteiger partial charge in [0.05, 0.1) is 17.5 Å². The minimum atomic E-state index is 0.665. The van der Waals surface area contributed by atoms with Gasteiger partial charge in [0.25, 0.3) is 0 Å². The average Bonchev–Trinajstić information content (AvgIpc) is 2.96. The molecule has 0 spiro atoms. The zero-order chi connectivity index (χ0) is 15.1. The minimum absolute atomic E-state index is 0.665. The van der Waals surface area contributed by atoms with E-state index in [0.29, 0.717) is 16.4 Å². The maximum atomic E-state index is 6.45. The van der Waals surface area contributed by atoms with Crippen LogP contribution in [-0.4, -0.2) is 7.11 Å². The van der Waals surface area contributed by atoms with E-state index in [2.05, 4.69) is 18.2 Å². The molecule has 3 heteroatoms. The Kier molecular flexibility index (Phi) is 3.05. The van der Waals surface area contributed by atoms with Gasteiger partial charge in [-0.3, -0.25) is 0 Å². The Morgan fingerprint density at radius 1 is 0.864 bits per heavy atom. The summed E-state index contributed by atoms with van der Waals surface area (Å²) in [6.45, 7) is 0. The first kappa shape index (κ1) is 13.2. The summed E-state index contributed by atoms with van der Waals surface area (Å²) in [5.74, 6) is 0.689. The van der Waals surface area contributed by atoms with Crippen LogP contribution in [0, 0.1) is 0 Å². The van der Waals surface area contributed by atoms with E-state index in [1.54, 1.807) is 7.11 Å². The molecule has 1 aromatic heterocycles. The van der Waals surface area contributed by atoms with Gasteiger partial charge in [-0.15, -0.1) is 0 Å². The molecular formula is C19H13ClO2. The first-order valence-electron chi connectivity index (χ1n) is 7.02. The molecule has 4 rings (SSSR count). The third-order valence-electron chi connectivity index (χ3n) is 3.86. The topological polar surface area (TPSA) is 22.4 Å². The van der Waals surface area contributed by atoms with Gasteiger partial charge < -0.3 is 9.15 Å². The van der Waals surface area contributed by atoms with Crippen LogP contribution in [0.2, 0.25) is 5.02 Å². The van der Waals surface area contributed by atoms with Gasteiger partial charge in [-0.25, -0.2) is 0 Å². The molecule has 0 radical (unpaired) electrons. The molecule has 4 aromatic rings. The Morgan fingerprint density at radius 2 is 1.68 bits per heavy atom. The van der Waals surface area contributed by atoms with E-state index in [1.807, 2.05) is 42.5 Å². The molecule has 3 aromatic carbocycles. The molecule has 22 heavy (non-hydrogen) atoms. The highest BCUT2D eigenvalue weighted by Gasteiger charge is 2.17. The Labute approximate surface area is 132 Å².